The Labute approximate surface area is 116 Å². The molecule has 0 saturated carbocycles. The zero-order valence-electron chi connectivity index (χ0n) is 11.3. The van der Waals surface area contributed by atoms with Crippen molar-refractivity contribution in [3.05, 3.63) is 18.0 Å². The molecule has 0 unspecified atom stereocenters. The van der Waals surface area contributed by atoms with Gasteiger partial charge in [-0.1, -0.05) is 0 Å². The van der Waals surface area contributed by atoms with Gasteiger partial charge in [0.2, 0.25) is 0 Å². The molecule has 0 atom stereocenters. The van der Waals surface area contributed by atoms with E-state index < -0.39 is 0 Å². The monoisotopic (exact) mass is 276 g/mol. The first-order valence-corrected chi connectivity index (χ1v) is 6.70. The molecule has 6 nitrogen and oxygen atoms in total. The lowest BCUT2D eigenvalue weighted by molar-refractivity contribution is -0.142. The first-order chi connectivity index (χ1) is 9.76. The van der Waals surface area contributed by atoms with Gasteiger partial charge >= 0.3 is 5.97 Å². The molecule has 0 aliphatic carbocycles. The standard InChI is InChI=1S/C14H16N2O4/c1-2-18-14(17)8-13-15-9-6-11-12(7-10(9)16-13)20-5-3-4-19-11/h6-7H,2-5,8H2,1H3,(H,15,16). The third-order valence-electron chi connectivity index (χ3n) is 3.02. The fourth-order valence-electron chi connectivity index (χ4n) is 2.15. The second-order valence-electron chi connectivity index (χ2n) is 4.53. The number of aromatic nitrogens is 2. The molecular weight excluding hydrogens is 260 g/mol. The Morgan fingerprint density at radius 3 is 2.85 bits per heavy atom. The number of nitrogens with one attached hydrogen (secondary N) is 1. The average molecular weight is 276 g/mol. The molecule has 6 heteroatoms. The second kappa shape index (κ2) is 5.40. The van der Waals surface area contributed by atoms with Crippen LogP contribution in [0.1, 0.15) is 19.2 Å². The second-order valence-corrected chi connectivity index (χ2v) is 4.53. The highest BCUT2D eigenvalue weighted by Crippen LogP contribution is 2.33. The van der Waals surface area contributed by atoms with Crippen molar-refractivity contribution in [1.29, 1.82) is 0 Å². The SMILES string of the molecule is CCOC(=O)Cc1nc2cc3c(cc2[nH]1)OCCCO3. The van der Waals surface area contributed by atoms with Crippen LogP contribution in [0.3, 0.4) is 0 Å². The third-order valence-corrected chi connectivity index (χ3v) is 3.02. The lowest BCUT2D eigenvalue weighted by Crippen LogP contribution is -2.08. The fourth-order valence-corrected chi connectivity index (χ4v) is 2.15. The van der Waals surface area contributed by atoms with E-state index in [1.165, 1.54) is 0 Å². The number of benzene rings is 1. The average Bonchev–Trinajstić information content (AvgIpc) is 2.64. The van der Waals surface area contributed by atoms with Crippen LogP contribution in [0.4, 0.5) is 0 Å². The molecular formula is C14H16N2O4. The van der Waals surface area contributed by atoms with E-state index in [9.17, 15) is 4.79 Å². The summed E-state index contributed by atoms with van der Waals surface area (Å²) in [5.74, 6) is 1.70. The van der Waals surface area contributed by atoms with Crippen LogP contribution >= 0.6 is 0 Å². The smallest absolute Gasteiger partial charge is 0.313 e. The summed E-state index contributed by atoms with van der Waals surface area (Å²) in [7, 11) is 0. The van der Waals surface area contributed by atoms with Gasteiger partial charge in [-0.2, -0.15) is 0 Å². The van der Waals surface area contributed by atoms with Crippen LogP contribution in [0.25, 0.3) is 11.0 Å². The Balaban J connectivity index is 1.89. The maximum atomic E-state index is 11.5. The molecule has 0 radical (unpaired) electrons. The van der Waals surface area contributed by atoms with Crippen LogP contribution in [0.2, 0.25) is 0 Å². The normalized spacial score (nSPS) is 14.1. The summed E-state index contributed by atoms with van der Waals surface area (Å²) in [6.07, 6.45) is 0.999. The fraction of sp³-hybridized carbons (Fsp3) is 0.429. The minimum absolute atomic E-state index is 0.134. The summed E-state index contributed by atoms with van der Waals surface area (Å²) >= 11 is 0. The van der Waals surface area contributed by atoms with E-state index in [0.717, 1.165) is 17.5 Å². The van der Waals surface area contributed by atoms with Gasteiger partial charge in [0.1, 0.15) is 12.2 Å². The highest BCUT2D eigenvalue weighted by Gasteiger charge is 2.15. The van der Waals surface area contributed by atoms with Gasteiger partial charge in [-0.3, -0.25) is 4.79 Å². The number of H-pyrrole nitrogens is 1. The lowest BCUT2D eigenvalue weighted by atomic mass is 10.3. The minimum Gasteiger partial charge on any atom is -0.489 e. The van der Waals surface area contributed by atoms with Crippen molar-refractivity contribution < 1.29 is 19.0 Å². The molecule has 106 valence electrons. The summed E-state index contributed by atoms with van der Waals surface area (Å²) in [4.78, 5) is 18.9. The Hall–Kier alpha value is -2.24. The summed E-state index contributed by atoms with van der Waals surface area (Å²) in [6.45, 7) is 3.43. The summed E-state index contributed by atoms with van der Waals surface area (Å²) < 4.78 is 16.1. The maximum absolute atomic E-state index is 11.5. The molecule has 1 aliphatic heterocycles. The van der Waals surface area contributed by atoms with E-state index in [4.69, 9.17) is 14.2 Å². The van der Waals surface area contributed by atoms with Crippen LogP contribution in [0.5, 0.6) is 11.5 Å². The molecule has 0 bridgehead atoms. The number of nitrogens with zero attached hydrogens (tertiary/aromatic N) is 1. The highest BCUT2D eigenvalue weighted by atomic mass is 16.5. The quantitative estimate of drug-likeness (QED) is 0.866. The number of rotatable bonds is 3. The van der Waals surface area contributed by atoms with Crippen LogP contribution in [-0.2, 0) is 16.0 Å². The van der Waals surface area contributed by atoms with Crippen molar-refractivity contribution >= 4 is 17.0 Å². The minimum atomic E-state index is -0.291. The first kappa shape index (κ1) is 12.8. The number of aromatic amines is 1. The van der Waals surface area contributed by atoms with Gasteiger partial charge in [-0.15, -0.1) is 0 Å². The van der Waals surface area contributed by atoms with Crippen LogP contribution in [0, 0.1) is 0 Å². The summed E-state index contributed by atoms with van der Waals surface area (Å²) in [5, 5.41) is 0. The van der Waals surface area contributed by atoms with Crippen LogP contribution < -0.4 is 9.47 Å². The van der Waals surface area contributed by atoms with Gasteiger partial charge in [-0.05, 0) is 6.92 Å². The molecule has 1 aromatic heterocycles. The maximum Gasteiger partial charge on any atom is 0.313 e. The molecule has 2 aromatic rings. The van der Waals surface area contributed by atoms with Crippen LogP contribution in [-0.4, -0.2) is 35.8 Å². The molecule has 3 rings (SSSR count). The third kappa shape index (κ3) is 2.54. The van der Waals surface area contributed by atoms with E-state index in [0.29, 0.717) is 37.1 Å². The largest absolute Gasteiger partial charge is 0.489 e. The number of carbonyl (C=O) groups excluding carboxylic acids is 1. The van der Waals surface area contributed by atoms with Crippen LogP contribution in [0.15, 0.2) is 12.1 Å². The number of hydrogen-bond donors (Lipinski definition) is 1. The Morgan fingerprint density at radius 2 is 2.10 bits per heavy atom. The molecule has 0 saturated heterocycles. The van der Waals surface area contributed by atoms with E-state index in [1.807, 2.05) is 12.1 Å². The summed E-state index contributed by atoms with van der Waals surface area (Å²) in [5.41, 5.74) is 1.59. The topological polar surface area (TPSA) is 73.4 Å². The Bertz CT molecular complexity index is 592. The van der Waals surface area contributed by atoms with Crippen molar-refractivity contribution in [2.75, 3.05) is 19.8 Å². The molecule has 0 amide bonds. The van der Waals surface area contributed by atoms with Crippen molar-refractivity contribution in [1.82, 2.24) is 9.97 Å². The molecule has 0 spiro atoms. The number of fused-ring (bicyclic) bond motifs is 2. The molecule has 1 aromatic carbocycles. The van der Waals surface area contributed by atoms with Crippen molar-refractivity contribution in [3.8, 4) is 11.5 Å². The van der Waals surface area contributed by atoms with E-state index in [2.05, 4.69) is 9.97 Å². The van der Waals surface area contributed by atoms with E-state index >= 15 is 0 Å². The van der Waals surface area contributed by atoms with Gasteiger partial charge in [0.25, 0.3) is 0 Å². The zero-order chi connectivity index (χ0) is 13.9. The zero-order valence-corrected chi connectivity index (χ0v) is 11.3. The van der Waals surface area contributed by atoms with Gasteiger partial charge in [0, 0.05) is 18.6 Å². The van der Waals surface area contributed by atoms with Crippen molar-refractivity contribution in [2.24, 2.45) is 0 Å². The number of ether oxygens (including phenoxy) is 3. The predicted octanol–water partition coefficient (Wildman–Crippen LogP) is 1.83. The predicted molar refractivity (Wildman–Crippen MR) is 72.0 cm³/mol. The number of imidazole rings is 1. The van der Waals surface area contributed by atoms with E-state index in [-0.39, 0.29) is 12.4 Å². The van der Waals surface area contributed by atoms with Crippen molar-refractivity contribution in [2.45, 2.75) is 19.8 Å². The molecule has 20 heavy (non-hydrogen) atoms. The highest BCUT2D eigenvalue weighted by molar-refractivity contribution is 5.81. The molecule has 1 aliphatic rings. The number of esters is 1. The molecule has 0 fully saturated rings. The molecule has 2 heterocycles. The first-order valence-electron chi connectivity index (χ1n) is 6.70. The summed E-state index contributed by atoms with van der Waals surface area (Å²) in [6, 6.07) is 3.69. The Morgan fingerprint density at radius 1 is 1.35 bits per heavy atom. The van der Waals surface area contributed by atoms with Gasteiger partial charge < -0.3 is 19.2 Å². The number of hydrogen-bond acceptors (Lipinski definition) is 5. The lowest BCUT2D eigenvalue weighted by Gasteiger charge is -2.05. The van der Waals surface area contributed by atoms with Crippen molar-refractivity contribution in [3.63, 3.8) is 0 Å². The van der Waals surface area contributed by atoms with Gasteiger partial charge in [0.15, 0.2) is 11.5 Å². The Kier molecular flexibility index (Phi) is 3.45. The van der Waals surface area contributed by atoms with E-state index in [1.54, 1.807) is 6.92 Å². The van der Waals surface area contributed by atoms with Gasteiger partial charge in [0.05, 0.1) is 30.9 Å². The molecule has 1 N–H and O–H groups in total. The number of carbonyl (C=O) groups is 1. The van der Waals surface area contributed by atoms with Gasteiger partial charge in [-0.25, -0.2) is 4.98 Å².